The summed E-state index contributed by atoms with van der Waals surface area (Å²) in [7, 11) is -2.73. The molecule has 26 heavy (non-hydrogen) atoms. The molecule has 0 aromatic carbocycles. The fourth-order valence-corrected chi connectivity index (χ4v) is 9.15. The molecule has 9 heteroatoms. The highest BCUT2D eigenvalue weighted by Crippen LogP contribution is 2.55. The Morgan fingerprint density at radius 3 is 2.42 bits per heavy atom. The van der Waals surface area contributed by atoms with Crippen molar-refractivity contribution >= 4 is 14.4 Å². The van der Waals surface area contributed by atoms with Crippen LogP contribution in [-0.2, 0) is 13.6 Å². The topological polar surface area (TPSA) is 109 Å². The lowest BCUT2D eigenvalue weighted by atomic mass is 10.1. The number of fused-ring (bicyclic) bond motifs is 1. The van der Waals surface area contributed by atoms with E-state index < -0.39 is 38.8 Å². The van der Waals surface area contributed by atoms with Gasteiger partial charge in [0.15, 0.2) is 6.23 Å². The van der Waals surface area contributed by atoms with Crippen LogP contribution in [0.5, 0.6) is 0 Å². The zero-order chi connectivity index (χ0) is 19.5. The van der Waals surface area contributed by atoms with E-state index in [2.05, 4.69) is 46.5 Å². The van der Waals surface area contributed by atoms with E-state index in [-0.39, 0.29) is 15.9 Å². The lowest BCUT2D eigenvalue weighted by Gasteiger charge is -2.53. The monoisotopic (exact) mass is 383 g/mol. The lowest BCUT2D eigenvalue weighted by Crippen LogP contribution is -2.65. The van der Waals surface area contributed by atoms with Crippen molar-refractivity contribution in [2.45, 2.75) is 76.2 Å². The van der Waals surface area contributed by atoms with E-state index in [0.29, 0.717) is 6.61 Å². The van der Waals surface area contributed by atoms with E-state index in [9.17, 15) is 9.90 Å². The van der Waals surface area contributed by atoms with Crippen LogP contribution in [0.4, 0.5) is 5.82 Å². The van der Waals surface area contributed by atoms with Crippen LogP contribution in [-0.4, -0.2) is 48.1 Å². The maximum atomic E-state index is 12.1. The minimum absolute atomic E-state index is 0.127. The van der Waals surface area contributed by atoms with Crippen molar-refractivity contribution in [1.29, 1.82) is 0 Å². The normalized spacial score (nSPS) is 31.7. The Morgan fingerprint density at radius 1 is 1.27 bits per heavy atom. The number of aromatic nitrogens is 2. The van der Waals surface area contributed by atoms with Crippen LogP contribution >= 0.6 is 0 Å². The van der Waals surface area contributed by atoms with Crippen LogP contribution in [0.2, 0.25) is 10.1 Å². The summed E-state index contributed by atoms with van der Waals surface area (Å²) in [6, 6.07) is 1.50. The molecule has 146 valence electrons. The zero-order valence-corrected chi connectivity index (χ0v) is 17.2. The molecule has 0 saturated carbocycles. The van der Waals surface area contributed by atoms with Crippen molar-refractivity contribution in [1.82, 2.24) is 9.55 Å². The first-order chi connectivity index (χ1) is 11.9. The first-order valence-electron chi connectivity index (χ1n) is 8.87. The average Bonchev–Trinajstić information content (AvgIpc) is 2.81. The molecule has 0 radical (unpaired) electrons. The molecule has 0 amide bonds. The van der Waals surface area contributed by atoms with E-state index in [0.717, 1.165) is 0 Å². The highest BCUT2D eigenvalue weighted by atomic mass is 28.4. The fraction of sp³-hybridized carbons (Fsp3) is 0.765. The van der Waals surface area contributed by atoms with Gasteiger partial charge in [0.2, 0.25) is 0 Å². The molecule has 3 rings (SSSR count). The SMILES string of the molecule is CC(C)(C)[Si]1(C(C)(C)C)OCC2OC(n3ccc(N)nc3=O)C(O)C2O1. The third-order valence-electron chi connectivity index (χ3n) is 5.16. The Balaban J connectivity index is 1.94. The smallest absolute Gasteiger partial charge is 0.351 e. The van der Waals surface area contributed by atoms with E-state index in [1.165, 1.54) is 16.8 Å². The molecule has 2 fully saturated rings. The molecular weight excluding hydrogens is 354 g/mol. The summed E-state index contributed by atoms with van der Waals surface area (Å²) >= 11 is 0. The first-order valence-corrected chi connectivity index (χ1v) is 10.7. The van der Waals surface area contributed by atoms with Crippen molar-refractivity contribution in [3.8, 4) is 0 Å². The Hall–Kier alpha value is -1.26. The molecule has 4 atom stereocenters. The Kier molecular flexibility index (Phi) is 4.60. The van der Waals surface area contributed by atoms with Crippen molar-refractivity contribution in [3.63, 3.8) is 0 Å². The summed E-state index contributed by atoms with van der Waals surface area (Å²) in [6.07, 6.45) is -1.38. The van der Waals surface area contributed by atoms with Gasteiger partial charge < -0.3 is 24.4 Å². The molecule has 3 heterocycles. The van der Waals surface area contributed by atoms with Gasteiger partial charge in [-0.05, 0) is 6.07 Å². The zero-order valence-electron chi connectivity index (χ0n) is 16.2. The van der Waals surface area contributed by atoms with Crippen molar-refractivity contribution in [2.75, 3.05) is 12.3 Å². The summed E-state index contributed by atoms with van der Waals surface area (Å²) in [5.41, 5.74) is 4.98. The molecule has 3 N–H and O–H groups in total. The minimum atomic E-state index is -2.73. The standard InChI is InChI=1S/C17H29N3O5Si/c1-16(2,3)26(17(4,5)6)23-9-10-13(25-26)12(21)14(24-10)20-8-7-11(18)19-15(20)22/h7-8,10,12-14,21H,9H2,1-6H3,(H2,18,19,22). The first kappa shape index (κ1) is 19.5. The minimum Gasteiger partial charge on any atom is -0.391 e. The maximum absolute atomic E-state index is 12.1. The maximum Gasteiger partial charge on any atom is 0.351 e. The van der Waals surface area contributed by atoms with Gasteiger partial charge in [0.1, 0.15) is 24.1 Å². The van der Waals surface area contributed by atoms with Gasteiger partial charge in [-0.1, -0.05) is 41.5 Å². The van der Waals surface area contributed by atoms with Gasteiger partial charge in [0.05, 0.1) is 6.61 Å². The van der Waals surface area contributed by atoms with Crippen LogP contribution in [0.25, 0.3) is 0 Å². The second kappa shape index (κ2) is 6.13. The molecule has 0 bridgehead atoms. The molecule has 2 aliphatic heterocycles. The largest absolute Gasteiger partial charge is 0.391 e. The predicted octanol–water partition coefficient (Wildman–Crippen LogP) is 1.54. The molecule has 0 aliphatic carbocycles. The molecule has 2 saturated heterocycles. The number of rotatable bonds is 1. The summed E-state index contributed by atoms with van der Waals surface area (Å²) in [6.45, 7) is 13.0. The summed E-state index contributed by atoms with van der Waals surface area (Å²) in [4.78, 5) is 15.8. The molecule has 0 spiro atoms. The van der Waals surface area contributed by atoms with E-state index in [4.69, 9.17) is 19.3 Å². The van der Waals surface area contributed by atoms with Crippen LogP contribution in [0.1, 0.15) is 47.8 Å². The number of nitrogens with two attached hydrogens (primary N) is 1. The number of hydrogen-bond acceptors (Lipinski definition) is 7. The highest BCUT2D eigenvalue weighted by molar-refractivity contribution is 6.73. The number of aliphatic hydroxyl groups is 1. The number of nitrogens with zero attached hydrogens (tertiary/aromatic N) is 2. The number of anilines is 1. The number of aliphatic hydroxyl groups excluding tert-OH is 1. The third-order valence-corrected chi connectivity index (χ3v) is 10.3. The van der Waals surface area contributed by atoms with Crippen LogP contribution in [0.15, 0.2) is 17.1 Å². The van der Waals surface area contributed by atoms with E-state index >= 15 is 0 Å². The molecule has 2 aliphatic rings. The second-order valence-electron chi connectivity index (χ2n) is 9.11. The van der Waals surface area contributed by atoms with Gasteiger partial charge in [0, 0.05) is 16.3 Å². The van der Waals surface area contributed by atoms with E-state index in [1.54, 1.807) is 0 Å². The summed E-state index contributed by atoms with van der Waals surface area (Å²) < 4.78 is 20.0. The van der Waals surface area contributed by atoms with Crippen LogP contribution in [0.3, 0.4) is 0 Å². The Bertz CT molecular complexity index is 725. The fourth-order valence-electron chi connectivity index (χ4n) is 4.19. The van der Waals surface area contributed by atoms with Gasteiger partial charge in [0.25, 0.3) is 0 Å². The molecule has 1 aromatic rings. The highest BCUT2D eigenvalue weighted by Gasteiger charge is 2.64. The van der Waals surface area contributed by atoms with Gasteiger partial charge in [-0.2, -0.15) is 4.98 Å². The van der Waals surface area contributed by atoms with Crippen molar-refractivity contribution in [2.24, 2.45) is 0 Å². The molecule has 1 aromatic heterocycles. The molecule has 4 unspecified atom stereocenters. The van der Waals surface area contributed by atoms with Crippen molar-refractivity contribution in [3.05, 3.63) is 22.7 Å². The summed E-state index contributed by atoms with van der Waals surface area (Å²) in [5, 5.41) is 10.5. The predicted molar refractivity (Wildman–Crippen MR) is 98.8 cm³/mol. The van der Waals surface area contributed by atoms with Crippen molar-refractivity contribution < 1.29 is 18.7 Å². The van der Waals surface area contributed by atoms with Gasteiger partial charge in [-0.15, -0.1) is 0 Å². The number of nitrogen functional groups attached to an aromatic ring is 1. The van der Waals surface area contributed by atoms with Crippen LogP contribution < -0.4 is 11.4 Å². The summed E-state index contributed by atoms with van der Waals surface area (Å²) in [5.74, 6) is 0.127. The Labute approximate surface area is 154 Å². The Morgan fingerprint density at radius 2 is 1.88 bits per heavy atom. The number of hydrogen-bond donors (Lipinski definition) is 2. The number of ether oxygens (including phenoxy) is 1. The second-order valence-corrected chi connectivity index (χ2v) is 13.9. The lowest BCUT2D eigenvalue weighted by molar-refractivity contribution is -0.0808. The van der Waals surface area contributed by atoms with Gasteiger partial charge in [-0.3, -0.25) is 4.57 Å². The molecular formula is C17H29N3O5Si. The quantitative estimate of drug-likeness (QED) is 0.708. The van der Waals surface area contributed by atoms with E-state index in [1.807, 2.05) is 0 Å². The molecule has 8 nitrogen and oxygen atoms in total. The third kappa shape index (κ3) is 2.91. The van der Waals surface area contributed by atoms with Gasteiger partial charge in [-0.25, -0.2) is 4.79 Å². The van der Waals surface area contributed by atoms with Gasteiger partial charge >= 0.3 is 14.3 Å². The average molecular weight is 384 g/mol. The van der Waals surface area contributed by atoms with Crippen LogP contribution in [0, 0.1) is 0 Å².